The van der Waals surface area contributed by atoms with Gasteiger partial charge in [0, 0.05) is 5.69 Å². The van der Waals surface area contributed by atoms with E-state index in [1.54, 1.807) is 27.1 Å². The van der Waals surface area contributed by atoms with Gasteiger partial charge in [0.1, 0.15) is 11.6 Å². The van der Waals surface area contributed by atoms with E-state index in [0.29, 0.717) is 0 Å². The minimum Gasteiger partial charge on any atom is -0.480 e. The fraction of sp³-hybridized carbons (Fsp3) is 0.667. The number of hydrogen-bond donors (Lipinski definition) is 2. The number of amides is 1. The first-order valence-electron chi connectivity index (χ1n) is 7.51. The summed E-state index contributed by atoms with van der Waals surface area (Å²) in [4.78, 5) is 27.5. The second-order valence-corrected chi connectivity index (χ2v) is 6.53. The van der Waals surface area contributed by atoms with Crippen molar-refractivity contribution >= 4 is 12.1 Å². The van der Waals surface area contributed by atoms with Crippen molar-refractivity contribution in [2.45, 2.75) is 64.6 Å². The molecule has 7 heteroatoms. The zero-order chi connectivity index (χ0) is 16.3. The normalized spacial score (nSPS) is 15.8. The molecule has 0 bridgehead atoms. The fourth-order valence-corrected chi connectivity index (χ4v) is 2.52. The van der Waals surface area contributed by atoms with Crippen LogP contribution in [0.15, 0.2) is 6.33 Å². The number of hydrogen-bond acceptors (Lipinski definition) is 4. The number of fused-ring (bicyclic) bond motifs is 1. The molecule has 0 saturated carbocycles. The van der Waals surface area contributed by atoms with Gasteiger partial charge in [0.05, 0.1) is 18.6 Å². The van der Waals surface area contributed by atoms with E-state index < -0.39 is 23.7 Å². The number of carboxylic acids is 1. The van der Waals surface area contributed by atoms with Gasteiger partial charge < -0.3 is 19.7 Å². The summed E-state index contributed by atoms with van der Waals surface area (Å²) in [5, 5.41) is 11.7. The van der Waals surface area contributed by atoms with E-state index >= 15 is 0 Å². The summed E-state index contributed by atoms with van der Waals surface area (Å²) in [5.41, 5.74) is 1.44. The van der Waals surface area contributed by atoms with Crippen LogP contribution in [0.25, 0.3) is 0 Å². The lowest BCUT2D eigenvalue weighted by molar-refractivity contribution is -0.139. The zero-order valence-electron chi connectivity index (χ0n) is 13.3. The van der Waals surface area contributed by atoms with E-state index in [4.69, 9.17) is 4.74 Å². The van der Waals surface area contributed by atoms with E-state index in [2.05, 4.69) is 10.3 Å². The van der Waals surface area contributed by atoms with Crippen LogP contribution in [0, 0.1) is 0 Å². The van der Waals surface area contributed by atoms with Gasteiger partial charge in [-0.25, -0.2) is 14.6 Å². The third kappa shape index (κ3) is 4.22. The summed E-state index contributed by atoms with van der Waals surface area (Å²) in [7, 11) is 0. The van der Waals surface area contributed by atoms with E-state index in [1.165, 1.54) is 0 Å². The van der Waals surface area contributed by atoms with Crippen LogP contribution < -0.4 is 5.32 Å². The molecule has 22 heavy (non-hydrogen) atoms. The molecular weight excluding hydrogens is 286 g/mol. The minimum absolute atomic E-state index is 0.150. The number of aromatic nitrogens is 2. The molecule has 0 fully saturated rings. The number of imidazole rings is 1. The van der Waals surface area contributed by atoms with Gasteiger partial charge >= 0.3 is 12.1 Å². The summed E-state index contributed by atoms with van der Waals surface area (Å²) in [5.74, 6) is -1.09. The molecule has 2 N–H and O–H groups in total. The predicted octanol–water partition coefficient (Wildman–Crippen LogP) is 1.74. The second kappa shape index (κ2) is 6.37. The Kier molecular flexibility index (Phi) is 4.73. The van der Waals surface area contributed by atoms with Crippen LogP contribution in [0.3, 0.4) is 0 Å². The van der Waals surface area contributed by atoms with E-state index in [9.17, 15) is 14.7 Å². The Morgan fingerprint density at radius 2 is 2.09 bits per heavy atom. The highest BCUT2D eigenvalue weighted by Crippen LogP contribution is 2.20. The molecule has 2 rings (SSSR count). The number of carboxylic acid groups (broad SMARTS) is 1. The van der Waals surface area contributed by atoms with Crippen LogP contribution >= 0.6 is 0 Å². The fourth-order valence-electron chi connectivity index (χ4n) is 2.52. The number of aryl methyl sites for hydroxylation is 1. The molecule has 1 aliphatic carbocycles. The highest BCUT2D eigenvalue weighted by molar-refractivity contribution is 5.79. The summed E-state index contributed by atoms with van der Waals surface area (Å²) < 4.78 is 6.94. The Labute approximate surface area is 129 Å². The maximum absolute atomic E-state index is 11.8. The van der Waals surface area contributed by atoms with Crippen LogP contribution in [-0.4, -0.2) is 38.4 Å². The Hall–Kier alpha value is -2.05. The summed E-state index contributed by atoms with van der Waals surface area (Å²) >= 11 is 0. The van der Waals surface area contributed by atoms with Gasteiger partial charge in [0.2, 0.25) is 0 Å². The van der Waals surface area contributed by atoms with Gasteiger partial charge in [-0.15, -0.1) is 0 Å². The molecule has 0 saturated heterocycles. The molecule has 1 atom stereocenters. The number of ether oxygens (including phenoxy) is 1. The van der Waals surface area contributed by atoms with Crippen LogP contribution in [0.4, 0.5) is 4.79 Å². The molecule has 1 heterocycles. The zero-order valence-corrected chi connectivity index (χ0v) is 13.3. The van der Waals surface area contributed by atoms with Gasteiger partial charge in [-0.05, 0) is 46.5 Å². The number of carbonyl (C=O) groups excluding carboxylic acids is 1. The summed E-state index contributed by atoms with van der Waals surface area (Å²) in [6, 6.07) is -1.05. The second-order valence-electron chi connectivity index (χ2n) is 6.53. The smallest absolute Gasteiger partial charge is 0.408 e. The van der Waals surface area contributed by atoms with Crippen LogP contribution in [0.5, 0.6) is 0 Å². The third-order valence-corrected chi connectivity index (χ3v) is 3.48. The highest BCUT2D eigenvalue weighted by Gasteiger charge is 2.26. The SMILES string of the molecule is CC(C)(C)OC(=O)NC(Cn1cnc2c1CCCC2)C(=O)O. The van der Waals surface area contributed by atoms with E-state index in [1.807, 2.05) is 4.57 Å². The molecule has 0 aromatic carbocycles. The summed E-state index contributed by atoms with van der Waals surface area (Å²) in [6.07, 6.45) is 4.95. The van der Waals surface area contributed by atoms with Crippen molar-refractivity contribution in [3.63, 3.8) is 0 Å². The first kappa shape index (κ1) is 16.3. The minimum atomic E-state index is -1.09. The lowest BCUT2D eigenvalue weighted by atomic mass is 10.0. The predicted molar refractivity (Wildman–Crippen MR) is 79.7 cm³/mol. The Balaban J connectivity index is 2.05. The van der Waals surface area contributed by atoms with Gasteiger partial charge in [-0.1, -0.05) is 0 Å². The van der Waals surface area contributed by atoms with Gasteiger partial charge in [-0.2, -0.15) is 0 Å². The Bertz CT molecular complexity index is 560. The quantitative estimate of drug-likeness (QED) is 0.883. The number of rotatable bonds is 4. The number of aliphatic carboxylic acids is 1. The van der Waals surface area contributed by atoms with Crippen LogP contribution in [-0.2, 0) is 28.9 Å². The van der Waals surface area contributed by atoms with Crippen molar-refractivity contribution in [2.24, 2.45) is 0 Å². The molecule has 0 spiro atoms. The molecule has 0 radical (unpaired) electrons. The standard InChI is InChI=1S/C15H23N3O4/c1-15(2,3)22-14(21)17-11(13(19)20)8-18-9-16-10-6-4-5-7-12(10)18/h9,11H,4-8H2,1-3H3,(H,17,21)(H,19,20). The molecular formula is C15H23N3O4. The Morgan fingerprint density at radius 1 is 1.41 bits per heavy atom. The number of alkyl carbamates (subject to hydrolysis) is 1. The number of carbonyl (C=O) groups is 2. The molecule has 1 aliphatic rings. The van der Waals surface area contributed by atoms with Crippen LogP contribution in [0.2, 0.25) is 0 Å². The Morgan fingerprint density at radius 3 is 2.73 bits per heavy atom. The van der Waals surface area contributed by atoms with Crippen molar-refractivity contribution in [3.05, 3.63) is 17.7 Å². The molecule has 1 aromatic rings. The average molecular weight is 309 g/mol. The summed E-state index contributed by atoms with van der Waals surface area (Å²) in [6.45, 7) is 5.34. The van der Waals surface area contributed by atoms with Gasteiger partial charge in [0.15, 0.2) is 0 Å². The van der Waals surface area contributed by atoms with Crippen molar-refractivity contribution < 1.29 is 19.4 Å². The van der Waals surface area contributed by atoms with Gasteiger partial charge in [-0.3, -0.25) is 0 Å². The topological polar surface area (TPSA) is 93.5 Å². The van der Waals surface area contributed by atoms with Gasteiger partial charge in [0.25, 0.3) is 0 Å². The molecule has 1 unspecified atom stereocenters. The first-order chi connectivity index (χ1) is 10.3. The molecule has 1 aromatic heterocycles. The van der Waals surface area contributed by atoms with E-state index in [0.717, 1.165) is 37.1 Å². The largest absolute Gasteiger partial charge is 0.480 e. The number of nitrogens with one attached hydrogen (secondary N) is 1. The molecule has 0 aliphatic heterocycles. The monoisotopic (exact) mass is 309 g/mol. The molecule has 122 valence electrons. The maximum atomic E-state index is 11.8. The number of nitrogens with zero attached hydrogens (tertiary/aromatic N) is 2. The third-order valence-electron chi connectivity index (χ3n) is 3.48. The average Bonchev–Trinajstić information content (AvgIpc) is 2.79. The van der Waals surface area contributed by atoms with Crippen molar-refractivity contribution in [1.29, 1.82) is 0 Å². The van der Waals surface area contributed by atoms with Crippen LogP contribution in [0.1, 0.15) is 45.0 Å². The lowest BCUT2D eigenvalue weighted by Gasteiger charge is -2.23. The van der Waals surface area contributed by atoms with Crippen molar-refractivity contribution in [3.8, 4) is 0 Å². The maximum Gasteiger partial charge on any atom is 0.408 e. The highest BCUT2D eigenvalue weighted by atomic mass is 16.6. The molecule has 7 nitrogen and oxygen atoms in total. The lowest BCUT2D eigenvalue weighted by Crippen LogP contribution is -2.45. The van der Waals surface area contributed by atoms with E-state index in [-0.39, 0.29) is 6.54 Å². The first-order valence-corrected chi connectivity index (χ1v) is 7.51. The molecule has 1 amide bonds. The van der Waals surface area contributed by atoms with Crippen molar-refractivity contribution in [1.82, 2.24) is 14.9 Å². The van der Waals surface area contributed by atoms with Crippen molar-refractivity contribution in [2.75, 3.05) is 0 Å².